The number of hydrogen-bond acceptors (Lipinski definition) is 6. The SMILES string of the molecule is CCOc1ncc(C(O)C(O)C(N)=O)cn1. The maximum absolute atomic E-state index is 10.6. The lowest BCUT2D eigenvalue weighted by Gasteiger charge is -2.14. The van der Waals surface area contributed by atoms with Crippen molar-refractivity contribution >= 4 is 5.91 Å². The second-order valence-electron chi connectivity index (χ2n) is 3.02. The maximum atomic E-state index is 10.6. The van der Waals surface area contributed by atoms with Crippen LogP contribution in [0.4, 0.5) is 0 Å². The standard InChI is InChI=1S/C9H13N3O4/c1-2-16-9-11-3-5(4-12-9)6(13)7(14)8(10)15/h3-4,6-7,13-14H,2H2,1H3,(H2,10,15). The zero-order valence-corrected chi connectivity index (χ0v) is 8.70. The van der Waals surface area contributed by atoms with Gasteiger partial charge in [-0.3, -0.25) is 4.79 Å². The van der Waals surface area contributed by atoms with Gasteiger partial charge in [0.05, 0.1) is 6.61 Å². The summed E-state index contributed by atoms with van der Waals surface area (Å²) in [7, 11) is 0. The van der Waals surface area contributed by atoms with Crippen LogP contribution in [-0.4, -0.2) is 38.8 Å². The van der Waals surface area contributed by atoms with Crippen LogP contribution in [0.15, 0.2) is 12.4 Å². The number of ether oxygens (including phenoxy) is 1. The number of aromatic nitrogens is 2. The number of primary amides is 1. The summed E-state index contributed by atoms with van der Waals surface area (Å²) in [6, 6.07) is 0.159. The zero-order valence-electron chi connectivity index (χ0n) is 8.70. The first-order chi connectivity index (χ1) is 7.56. The summed E-state index contributed by atoms with van der Waals surface area (Å²) in [5.74, 6) is -1.01. The Morgan fingerprint density at radius 2 is 2.06 bits per heavy atom. The summed E-state index contributed by atoms with van der Waals surface area (Å²) >= 11 is 0. The Morgan fingerprint density at radius 3 is 2.50 bits per heavy atom. The van der Waals surface area contributed by atoms with Gasteiger partial charge in [-0.1, -0.05) is 0 Å². The third-order valence-electron chi connectivity index (χ3n) is 1.85. The van der Waals surface area contributed by atoms with Crippen molar-refractivity contribution < 1.29 is 19.7 Å². The molecule has 88 valence electrons. The van der Waals surface area contributed by atoms with Crippen LogP contribution >= 0.6 is 0 Å². The molecule has 1 aromatic heterocycles. The normalized spacial score (nSPS) is 14.2. The van der Waals surface area contributed by atoms with Crippen LogP contribution in [0, 0.1) is 0 Å². The number of aliphatic hydroxyl groups excluding tert-OH is 2. The van der Waals surface area contributed by atoms with E-state index in [9.17, 15) is 15.0 Å². The maximum Gasteiger partial charge on any atom is 0.316 e. The highest BCUT2D eigenvalue weighted by Gasteiger charge is 2.23. The van der Waals surface area contributed by atoms with Gasteiger partial charge in [0.25, 0.3) is 0 Å². The zero-order chi connectivity index (χ0) is 12.1. The Kier molecular flexibility index (Phi) is 4.15. The van der Waals surface area contributed by atoms with Crippen LogP contribution in [-0.2, 0) is 4.79 Å². The van der Waals surface area contributed by atoms with Crippen LogP contribution < -0.4 is 10.5 Å². The van der Waals surface area contributed by atoms with Crippen molar-refractivity contribution in [2.75, 3.05) is 6.61 Å². The Balaban J connectivity index is 2.77. The lowest BCUT2D eigenvalue weighted by molar-refractivity contribution is -0.132. The fraction of sp³-hybridized carbons (Fsp3) is 0.444. The number of carbonyl (C=O) groups is 1. The molecule has 2 atom stereocenters. The molecule has 16 heavy (non-hydrogen) atoms. The summed E-state index contributed by atoms with van der Waals surface area (Å²) < 4.78 is 4.99. The summed E-state index contributed by atoms with van der Waals surface area (Å²) in [5.41, 5.74) is 5.03. The Labute approximate surface area is 91.9 Å². The predicted octanol–water partition coefficient (Wildman–Crippen LogP) is -1.25. The van der Waals surface area contributed by atoms with E-state index in [1.165, 1.54) is 12.4 Å². The number of nitrogens with two attached hydrogens (primary N) is 1. The van der Waals surface area contributed by atoms with Crippen LogP contribution in [0.3, 0.4) is 0 Å². The Bertz CT molecular complexity index is 354. The molecule has 0 saturated carbocycles. The number of amides is 1. The summed E-state index contributed by atoms with van der Waals surface area (Å²) in [6.45, 7) is 2.20. The number of aliphatic hydroxyl groups is 2. The predicted molar refractivity (Wildman–Crippen MR) is 53.4 cm³/mol. The Morgan fingerprint density at radius 1 is 1.50 bits per heavy atom. The minimum atomic E-state index is -1.68. The fourth-order valence-electron chi connectivity index (χ4n) is 1.02. The van der Waals surface area contributed by atoms with E-state index in [1.807, 2.05) is 0 Å². The largest absolute Gasteiger partial charge is 0.464 e. The van der Waals surface area contributed by atoms with Crippen LogP contribution in [0.5, 0.6) is 6.01 Å². The van der Waals surface area contributed by atoms with E-state index in [-0.39, 0.29) is 11.6 Å². The molecule has 1 heterocycles. The molecule has 2 unspecified atom stereocenters. The average Bonchev–Trinajstić information content (AvgIpc) is 2.28. The number of nitrogens with zero attached hydrogens (tertiary/aromatic N) is 2. The highest BCUT2D eigenvalue weighted by atomic mass is 16.5. The topological polar surface area (TPSA) is 119 Å². The fourth-order valence-corrected chi connectivity index (χ4v) is 1.02. The van der Waals surface area contributed by atoms with E-state index >= 15 is 0 Å². The number of hydrogen-bond donors (Lipinski definition) is 3. The van der Waals surface area contributed by atoms with Crippen molar-refractivity contribution in [3.05, 3.63) is 18.0 Å². The van der Waals surface area contributed by atoms with Gasteiger partial charge in [-0.15, -0.1) is 0 Å². The van der Waals surface area contributed by atoms with E-state index in [0.29, 0.717) is 6.61 Å². The van der Waals surface area contributed by atoms with Crippen molar-refractivity contribution in [3.63, 3.8) is 0 Å². The minimum Gasteiger partial charge on any atom is -0.464 e. The molecule has 1 aromatic rings. The molecular weight excluding hydrogens is 214 g/mol. The number of carbonyl (C=O) groups excluding carboxylic acids is 1. The lowest BCUT2D eigenvalue weighted by Crippen LogP contribution is -2.33. The first-order valence-corrected chi connectivity index (χ1v) is 4.66. The molecule has 0 saturated heterocycles. The molecule has 1 amide bonds. The van der Waals surface area contributed by atoms with Crippen LogP contribution in [0.2, 0.25) is 0 Å². The van der Waals surface area contributed by atoms with Gasteiger partial charge in [-0.05, 0) is 6.92 Å². The van der Waals surface area contributed by atoms with E-state index in [1.54, 1.807) is 6.92 Å². The van der Waals surface area contributed by atoms with Gasteiger partial charge in [0.1, 0.15) is 6.10 Å². The second-order valence-corrected chi connectivity index (χ2v) is 3.02. The van der Waals surface area contributed by atoms with E-state index in [0.717, 1.165) is 0 Å². The van der Waals surface area contributed by atoms with E-state index < -0.39 is 18.1 Å². The van der Waals surface area contributed by atoms with Gasteiger partial charge in [0.2, 0.25) is 5.91 Å². The van der Waals surface area contributed by atoms with Gasteiger partial charge in [0.15, 0.2) is 6.10 Å². The van der Waals surface area contributed by atoms with Crippen LogP contribution in [0.1, 0.15) is 18.6 Å². The van der Waals surface area contributed by atoms with E-state index in [4.69, 9.17) is 10.5 Å². The molecule has 4 N–H and O–H groups in total. The van der Waals surface area contributed by atoms with Crippen molar-refractivity contribution in [1.29, 1.82) is 0 Å². The van der Waals surface area contributed by atoms with Gasteiger partial charge >= 0.3 is 6.01 Å². The lowest BCUT2D eigenvalue weighted by atomic mass is 10.1. The summed E-state index contributed by atoms with van der Waals surface area (Å²) in [4.78, 5) is 18.2. The van der Waals surface area contributed by atoms with Gasteiger partial charge < -0.3 is 20.7 Å². The second kappa shape index (κ2) is 5.38. The average molecular weight is 227 g/mol. The molecule has 0 aliphatic heterocycles. The first kappa shape index (κ1) is 12.3. The van der Waals surface area contributed by atoms with Crippen molar-refractivity contribution in [2.45, 2.75) is 19.1 Å². The minimum absolute atomic E-state index is 0.159. The molecule has 0 bridgehead atoms. The highest BCUT2D eigenvalue weighted by Crippen LogP contribution is 2.15. The summed E-state index contributed by atoms with van der Waals surface area (Å²) in [5, 5.41) is 18.7. The molecule has 0 aliphatic rings. The molecule has 0 aromatic carbocycles. The molecule has 7 nitrogen and oxygen atoms in total. The van der Waals surface area contributed by atoms with Gasteiger partial charge in [0, 0.05) is 18.0 Å². The summed E-state index contributed by atoms with van der Waals surface area (Å²) in [6.07, 6.45) is -0.598. The molecule has 0 spiro atoms. The highest BCUT2D eigenvalue weighted by molar-refractivity contribution is 5.79. The van der Waals surface area contributed by atoms with Gasteiger partial charge in [-0.2, -0.15) is 0 Å². The molecular formula is C9H13N3O4. The quantitative estimate of drug-likeness (QED) is 0.578. The monoisotopic (exact) mass is 227 g/mol. The Hall–Kier alpha value is -1.73. The van der Waals surface area contributed by atoms with Crippen molar-refractivity contribution in [1.82, 2.24) is 9.97 Å². The molecule has 1 rings (SSSR count). The van der Waals surface area contributed by atoms with Gasteiger partial charge in [-0.25, -0.2) is 9.97 Å². The molecule has 0 radical (unpaired) electrons. The molecule has 7 heteroatoms. The molecule has 0 aliphatic carbocycles. The van der Waals surface area contributed by atoms with Crippen LogP contribution in [0.25, 0.3) is 0 Å². The smallest absolute Gasteiger partial charge is 0.316 e. The third kappa shape index (κ3) is 2.88. The number of rotatable bonds is 5. The van der Waals surface area contributed by atoms with Crippen molar-refractivity contribution in [2.24, 2.45) is 5.73 Å². The third-order valence-corrected chi connectivity index (χ3v) is 1.85. The van der Waals surface area contributed by atoms with Crippen molar-refractivity contribution in [3.8, 4) is 6.01 Å². The molecule has 0 fully saturated rings. The van der Waals surface area contributed by atoms with E-state index in [2.05, 4.69) is 9.97 Å². The first-order valence-electron chi connectivity index (χ1n) is 4.66.